The first-order chi connectivity index (χ1) is 9.95. The highest BCUT2D eigenvalue weighted by atomic mass is 35.5. The van der Waals surface area contributed by atoms with E-state index in [1.165, 1.54) is 4.31 Å². The van der Waals surface area contributed by atoms with Crippen molar-refractivity contribution in [1.82, 2.24) is 4.31 Å². The Morgan fingerprint density at radius 1 is 1.33 bits per heavy atom. The molecule has 0 N–H and O–H groups in total. The van der Waals surface area contributed by atoms with Crippen molar-refractivity contribution >= 4 is 33.2 Å². The molecule has 0 aliphatic carbocycles. The molecule has 0 bridgehead atoms. The molecular weight excluding hydrogens is 312 g/mol. The first kappa shape index (κ1) is 16.3. The lowest BCUT2D eigenvalue weighted by Crippen LogP contribution is -2.31. The molecule has 1 aliphatic heterocycles. The number of amides is 1. The lowest BCUT2D eigenvalue weighted by atomic mass is 10.2. The van der Waals surface area contributed by atoms with E-state index in [2.05, 4.69) is 0 Å². The third-order valence-electron chi connectivity index (χ3n) is 3.71. The second-order valence-corrected chi connectivity index (χ2v) is 7.01. The predicted molar refractivity (Wildman–Crippen MR) is 83.3 cm³/mol. The average molecular weight is 331 g/mol. The van der Waals surface area contributed by atoms with Crippen LogP contribution in [0.3, 0.4) is 0 Å². The van der Waals surface area contributed by atoms with Crippen molar-refractivity contribution in [2.24, 2.45) is 0 Å². The highest BCUT2D eigenvalue weighted by molar-refractivity contribution is 7.89. The fourth-order valence-electron chi connectivity index (χ4n) is 2.58. The van der Waals surface area contributed by atoms with Crippen LogP contribution in [0.1, 0.15) is 19.4 Å². The molecule has 5 nitrogen and oxygen atoms in total. The van der Waals surface area contributed by atoms with Crippen molar-refractivity contribution < 1.29 is 13.2 Å². The summed E-state index contributed by atoms with van der Waals surface area (Å²) >= 11 is 5.59. The van der Waals surface area contributed by atoms with Crippen LogP contribution < -0.4 is 4.90 Å². The fraction of sp³-hybridized carbons (Fsp3) is 0.500. The molecule has 0 saturated heterocycles. The smallest absolute Gasteiger partial charge is 0.243 e. The van der Waals surface area contributed by atoms with Gasteiger partial charge in [0.1, 0.15) is 5.88 Å². The second-order valence-electron chi connectivity index (χ2n) is 4.81. The van der Waals surface area contributed by atoms with Gasteiger partial charge in [-0.2, -0.15) is 4.31 Å². The summed E-state index contributed by atoms with van der Waals surface area (Å²) in [6.07, 6.45) is 0.652. The summed E-state index contributed by atoms with van der Waals surface area (Å²) < 4.78 is 26.4. The van der Waals surface area contributed by atoms with Crippen molar-refractivity contribution in [3.8, 4) is 0 Å². The van der Waals surface area contributed by atoms with Gasteiger partial charge in [0.25, 0.3) is 0 Å². The van der Waals surface area contributed by atoms with Gasteiger partial charge in [-0.1, -0.05) is 13.8 Å². The minimum absolute atomic E-state index is 0.0705. The largest absolute Gasteiger partial charge is 0.311 e. The maximum absolute atomic E-state index is 12.5. The molecule has 1 aliphatic rings. The summed E-state index contributed by atoms with van der Waals surface area (Å²) in [7, 11) is -3.46. The van der Waals surface area contributed by atoms with E-state index in [0.29, 0.717) is 26.1 Å². The number of hydrogen-bond donors (Lipinski definition) is 0. The molecule has 1 aromatic rings. The van der Waals surface area contributed by atoms with E-state index < -0.39 is 10.0 Å². The van der Waals surface area contributed by atoms with Gasteiger partial charge < -0.3 is 4.90 Å². The predicted octanol–water partition coefficient (Wildman–Crippen LogP) is 1.85. The number of hydrogen-bond acceptors (Lipinski definition) is 3. The van der Waals surface area contributed by atoms with Crippen molar-refractivity contribution in [3.05, 3.63) is 23.8 Å². The van der Waals surface area contributed by atoms with Crippen LogP contribution >= 0.6 is 11.6 Å². The number of rotatable bonds is 5. The van der Waals surface area contributed by atoms with E-state index in [0.717, 1.165) is 11.3 Å². The normalized spacial score (nSPS) is 14.6. The Hall–Kier alpha value is -1.11. The Bertz CT molecular complexity index is 642. The molecule has 1 amide bonds. The van der Waals surface area contributed by atoms with Gasteiger partial charge >= 0.3 is 0 Å². The van der Waals surface area contributed by atoms with Crippen LogP contribution in [0.4, 0.5) is 5.69 Å². The first-order valence-corrected chi connectivity index (χ1v) is 8.92. The number of alkyl halides is 1. The Balaban J connectivity index is 2.38. The quantitative estimate of drug-likeness (QED) is 0.774. The van der Waals surface area contributed by atoms with Gasteiger partial charge in [-0.05, 0) is 30.2 Å². The number of halogens is 1. The molecule has 0 radical (unpaired) electrons. The number of anilines is 1. The number of nitrogens with zero attached hydrogens (tertiary/aromatic N) is 2. The zero-order chi connectivity index (χ0) is 15.6. The van der Waals surface area contributed by atoms with Crippen LogP contribution in [-0.2, 0) is 21.2 Å². The first-order valence-electron chi connectivity index (χ1n) is 6.95. The van der Waals surface area contributed by atoms with Gasteiger partial charge in [0.15, 0.2) is 0 Å². The van der Waals surface area contributed by atoms with Gasteiger partial charge in [0.2, 0.25) is 15.9 Å². The highest BCUT2D eigenvalue weighted by Gasteiger charge is 2.27. The number of carbonyl (C=O) groups excluding carboxylic acids is 1. The molecule has 1 heterocycles. The maximum Gasteiger partial charge on any atom is 0.243 e. The zero-order valence-corrected chi connectivity index (χ0v) is 13.7. The molecule has 0 saturated carbocycles. The molecule has 0 aromatic heterocycles. The van der Waals surface area contributed by atoms with E-state index >= 15 is 0 Å². The Kier molecular flexibility index (Phi) is 4.91. The SMILES string of the molecule is CCN(CC)S(=O)(=O)c1ccc2c(c1)CCN2C(=O)CCl. The number of sulfonamides is 1. The lowest BCUT2D eigenvalue weighted by Gasteiger charge is -2.20. The van der Waals surface area contributed by atoms with E-state index in [9.17, 15) is 13.2 Å². The summed E-state index contributed by atoms with van der Waals surface area (Å²) in [5, 5.41) is 0. The number of carbonyl (C=O) groups is 1. The highest BCUT2D eigenvalue weighted by Crippen LogP contribution is 2.31. The van der Waals surface area contributed by atoms with Gasteiger partial charge in [0, 0.05) is 25.3 Å². The number of benzene rings is 1. The summed E-state index contributed by atoms with van der Waals surface area (Å²) in [5.74, 6) is -0.228. The van der Waals surface area contributed by atoms with Crippen molar-refractivity contribution in [3.63, 3.8) is 0 Å². The van der Waals surface area contributed by atoms with Crippen LogP contribution in [0.2, 0.25) is 0 Å². The molecule has 21 heavy (non-hydrogen) atoms. The van der Waals surface area contributed by atoms with Crippen LogP contribution in [0.5, 0.6) is 0 Å². The van der Waals surface area contributed by atoms with E-state index in [-0.39, 0.29) is 16.7 Å². The van der Waals surface area contributed by atoms with Crippen LogP contribution in [-0.4, -0.2) is 44.1 Å². The second kappa shape index (κ2) is 6.34. The molecule has 1 aromatic carbocycles. The summed E-state index contributed by atoms with van der Waals surface area (Å²) in [5.41, 5.74) is 1.64. The topological polar surface area (TPSA) is 57.7 Å². The minimum atomic E-state index is -3.46. The molecule has 0 atom stereocenters. The molecule has 2 rings (SSSR count). The van der Waals surface area contributed by atoms with Crippen molar-refractivity contribution in [2.75, 3.05) is 30.4 Å². The Labute approximate surface area is 130 Å². The standard InChI is InChI=1S/C14H19ClN2O3S/c1-3-16(4-2)21(19,20)12-5-6-13-11(9-12)7-8-17(13)14(18)10-15/h5-6,9H,3-4,7-8,10H2,1-2H3. The summed E-state index contributed by atoms with van der Waals surface area (Å²) in [6.45, 7) is 5.06. The summed E-state index contributed by atoms with van der Waals surface area (Å²) in [6, 6.07) is 4.93. The third kappa shape index (κ3) is 2.93. The average Bonchev–Trinajstić information content (AvgIpc) is 2.90. The maximum atomic E-state index is 12.5. The van der Waals surface area contributed by atoms with Gasteiger partial charge in [-0.3, -0.25) is 4.79 Å². The molecule has 7 heteroatoms. The molecule has 0 spiro atoms. The van der Waals surface area contributed by atoms with Crippen LogP contribution in [0.25, 0.3) is 0 Å². The molecular formula is C14H19ClN2O3S. The van der Waals surface area contributed by atoms with Crippen molar-refractivity contribution in [1.29, 1.82) is 0 Å². The number of fused-ring (bicyclic) bond motifs is 1. The minimum Gasteiger partial charge on any atom is -0.311 e. The lowest BCUT2D eigenvalue weighted by molar-refractivity contribution is -0.116. The molecule has 0 fully saturated rings. The zero-order valence-electron chi connectivity index (χ0n) is 12.2. The van der Waals surface area contributed by atoms with Gasteiger partial charge in [0.05, 0.1) is 4.90 Å². The summed E-state index contributed by atoms with van der Waals surface area (Å²) in [4.78, 5) is 13.6. The monoisotopic (exact) mass is 330 g/mol. The van der Waals surface area contributed by atoms with Crippen LogP contribution in [0, 0.1) is 0 Å². The van der Waals surface area contributed by atoms with E-state index in [1.54, 1.807) is 23.1 Å². The van der Waals surface area contributed by atoms with E-state index in [1.807, 2.05) is 13.8 Å². The van der Waals surface area contributed by atoms with Gasteiger partial charge in [-0.15, -0.1) is 11.6 Å². The van der Waals surface area contributed by atoms with Crippen molar-refractivity contribution in [2.45, 2.75) is 25.2 Å². The third-order valence-corrected chi connectivity index (χ3v) is 5.98. The van der Waals surface area contributed by atoms with E-state index in [4.69, 9.17) is 11.6 Å². The van der Waals surface area contributed by atoms with Gasteiger partial charge in [-0.25, -0.2) is 8.42 Å². The molecule has 0 unspecified atom stereocenters. The fourth-order valence-corrected chi connectivity index (χ4v) is 4.24. The molecule has 116 valence electrons. The van der Waals surface area contributed by atoms with Crippen LogP contribution in [0.15, 0.2) is 23.1 Å². The Morgan fingerprint density at radius 3 is 2.57 bits per heavy atom. The Morgan fingerprint density at radius 2 is 2.00 bits per heavy atom.